The summed E-state index contributed by atoms with van der Waals surface area (Å²) in [6.45, 7) is 0.217. The van der Waals surface area contributed by atoms with Crippen LogP contribution in [0.5, 0.6) is 0 Å². The van der Waals surface area contributed by atoms with E-state index in [-0.39, 0.29) is 25.3 Å². The Hall–Kier alpha value is -2.54. The third kappa shape index (κ3) is 5.22. The standard InChI is InChI=1S/C17H14ClF3N2O2/c18-11-5-3-10(4-6-11)17(25)22-9-1-2-14(24)23-13-8-7-12(19)15(20)16(13)21/h3-8H,1-2,9H2,(H,22,25)(H,23,24). The molecule has 0 atom stereocenters. The zero-order valence-electron chi connectivity index (χ0n) is 12.9. The molecule has 0 saturated carbocycles. The summed E-state index contributed by atoms with van der Waals surface area (Å²) in [5.74, 6) is -5.33. The Kier molecular flexibility index (Phi) is 6.41. The Morgan fingerprint density at radius 3 is 2.32 bits per heavy atom. The van der Waals surface area contributed by atoms with Gasteiger partial charge in [-0.1, -0.05) is 11.6 Å². The molecule has 0 bridgehead atoms. The highest BCUT2D eigenvalue weighted by Gasteiger charge is 2.15. The number of benzene rings is 2. The Morgan fingerprint density at radius 1 is 0.960 bits per heavy atom. The van der Waals surface area contributed by atoms with Crippen LogP contribution < -0.4 is 10.6 Å². The van der Waals surface area contributed by atoms with Gasteiger partial charge in [0.1, 0.15) is 0 Å². The van der Waals surface area contributed by atoms with E-state index in [9.17, 15) is 22.8 Å². The second kappa shape index (κ2) is 8.53. The molecule has 4 nitrogen and oxygen atoms in total. The molecule has 0 aliphatic heterocycles. The molecule has 2 amide bonds. The van der Waals surface area contributed by atoms with Crippen LogP contribution in [0, 0.1) is 17.5 Å². The van der Waals surface area contributed by atoms with Gasteiger partial charge >= 0.3 is 0 Å². The smallest absolute Gasteiger partial charge is 0.251 e. The topological polar surface area (TPSA) is 58.2 Å². The molecule has 0 fully saturated rings. The maximum atomic E-state index is 13.4. The highest BCUT2D eigenvalue weighted by atomic mass is 35.5. The minimum atomic E-state index is -1.65. The molecule has 0 aliphatic rings. The number of anilines is 1. The number of amides is 2. The third-order valence-electron chi connectivity index (χ3n) is 3.28. The van der Waals surface area contributed by atoms with Gasteiger partial charge in [0, 0.05) is 23.6 Å². The van der Waals surface area contributed by atoms with Gasteiger partial charge in [0.25, 0.3) is 5.91 Å². The summed E-state index contributed by atoms with van der Waals surface area (Å²) in [5.41, 5.74) is -0.00758. The fourth-order valence-corrected chi connectivity index (χ4v) is 2.12. The lowest BCUT2D eigenvalue weighted by Gasteiger charge is -2.08. The zero-order chi connectivity index (χ0) is 18.4. The lowest BCUT2D eigenvalue weighted by atomic mass is 10.2. The molecule has 2 N–H and O–H groups in total. The molecular weight excluding hydrogens is 357 g/mol. The summed E-state index contributed by atoms with van der Waals surface area (Å²) < 4.78 is 39.3. The number of hydrogen-bond donors (Lipinski definition) is 2. The van der Waals surface area contributed by atoms with Crippen molar-refractivity contribution in [2.75, 3.05) is 11.9 Å². The predicted molar refractivity (Wildman–Crippen MR) is 88.0 cm³/mol. The summed E-state index contributed by atoms with van der Waals surface area (Å²) in [4.78, 5) is 23.5. The fourth-order valence-electron chi connectivity index (χ4n) is 1.99. The van der Waals surface area contributed by atoms with Crippen LogP contribution in [0.15, 0.2) is 36.4 Å². The molecule has 2 aromatic rings. The monoisotopic (exact) mass is 370 g/mol. The van der Waals surface area contributed by atoms with Crippen LogP contribution >= 0.6 is 11.6 Å². The first kappa shape index (κ1) is 18.8. The van der Waals surface area contributed by atoms with E-state index in [0.717, 1.165) is 12.1 Å². The normalized spacial score (nSPS) is 10.4. The van der Waals surface area contributed by atoms with Crippen LogP contribution in [-0.4, -0.2) is 18.4 Å². The number of carbonyl (C=O) groups is 2. The molecule has 8 heteroatoms. The van der Waals surface area contributed by atoms with Gasteiger partial charge in [-0.2, -0.15) is 0 Å². The Bertz CT molecular complexity index is 782. The van der Waals surface area contributed by atoms with Crippen molar-refractivity contribution in [2.45, 2.75) is 12.8 Å². The molecule has 0 heterocycles. The lowest BCUT2D eigenvalue weighted by molar-refractivity contribution is -0.116. The molecule has 0 aliphatic carbocycles. The molecule has 132 valence electrons. The number of halogens is 4. The van der Waals surface area contributed by atoms with Crippen molar-refractivity contribution < 1.29 is 22.8 Å². The van der Waals surface area contributed by atoms with Gasteiger partial charge in [-0.25, -0.2) is 13.2 Å². The fraction of sp³-hybridized carbons (Fsp3) is 0.176. The van der Waals surface area contributed by atoms with Crippen LogP contribution in [0.4, 0.5) is 18.9 Å². The largest absolute Gasteiger partial charge is 0.352 e. The summed E-state index contributed by atoms with van der Waals surface area (Å²) in [6.07, 6.45) is 0.260. The summed E-state index contributed by atoms with van der Waals surface area (Å²) in [5, 5.41) is 5.29. The molecule has 0 radical (unpaired) electrons. The van der Waals surface area contributed by atoms with E-state index in [4.69, 9.17) is 11.6 Å². The predicted octanol–water partition coefficient (Wildman–Crippen LogP) is 3.91. The Morgan fingerprint density at radius 2 is 1.64 bits per heavy atom. The van der Waals surface area contributed by atoms with E-state index in [0.29, 0.717) is 10.6 Å². The van der Waals surface area contributed by atoms with Crippen LogP contribution in [0.25, 0.3) is 0 Å². The first-order valence-electron chi connectivity index (χ1n) is 7.35. The molecule has 0 aromatic heterocycles. The van der Waals surface area contributed by atoms with Gasteiger partial charge in [-0.3, -0.25) is 9.59 Å². The second-order valence-corrected chi connectivity index (χ2v) is 5.57. The van der Waals surface area contributed by atoms with Gasteiger partial charge in [-0.15, -0.1) is 0 Å². The van der Waals surface area contributed by atoms with E-state index in [2.05, 4.69) is 10.6 Å². The third-order valence-corrected chi connectivity index (χ3v) is 3.53. The molecule has 2 rings (SSSR count). The second-order valence-electron chi connectivity index (χ2n) is 5.14. The quantitative estimate of drug-likeness (QED) is 0.598. The molecule has 2 aromatic carbocycles. The Labute approximate surface area is 147 Å². The maximum Gasteiger partial charge on any atom is 0.251 e. The highest BCUT2D eigenvalue weighted by molar-refractivity contribution is 6.30. The van der Waals surface area contributed by atoms with E-state index in [1.54, 1.807) is 24.3 Å². The van der Waals surface area contributed by atoms with Crippen molar-refractivity contribution in [2.24, 2.45) is 0 Å². The zero-order valence-corrected chi connectivity index (χ0v) is 13.7. The summed E-state index contributed by atoms with van der Waals surface area (Å²) >= 11 is 5.73. The van der Waals surface area contributed by atoms with Crippen LogP contribution in [0.1, 0.15) is 23.2 Å². The summed E-state index contributed by atoms with van der Waals surface area (Å²) in [6, 6.07) is 7.96. The number of rotatable bonds is 6. The average molecular weight is 371 g/mol. The van der Waals surface area contributed by atoms with E-state index in [1.165, 1.54) is 0 Å². The van der Waals surface area contributed by atoms with Gasteiger partial charge in [0.05, 0.1) is 5.69 Å². The molecule has 25 heavy (non-hydrogen) atoms. The van der Waals surface area contributed by atoms with Crippen molar-refractivity contribution in [3.05, 3.63) is 64.4 Å². The van der Waals surface area contributed by atoms with E-state index in [1.807, 2.05) is 0 Å². The van der Waals surface area contributed by atoms with Crippen molar-refractivity contribution in [1.82, 2.24) is 5.32 Å². The first-order chi connectivity index (χ1) is 11.9. The van der Waals surface area contributed by atoms with E-state index < -0.39 is 29.0 Å². The molecular formula is C17H14ClF3N2O2. The van der Waals surface area contributed by atoms with Crippen LogP contribution in [0.3, 0.4) is 0 Å². The SMILES string of the molecule is O=C(CCCNC(=O)c1ccc(Cl)cc1)Nc1ccc(F)c(F)c1F. The van der Waals surface area contributed by atoms with Crippen molar-refractivity contribution in [3.8, 4) is 0 Å². The number of carbonyl (C=O) groups excluding carboxylic acids is 2. The van der Waals surface area contributed by atoms with Gasteiger partial charge in [0.2, 0.25) is 5.91 Å². The van der Waals surface area contributed by atoms with Crippen molar-refractivity contribution >= 4 is 29.1 Å². The summed E-state index contributed by atoms with van der Waals surface area (Å²) in [7, 11) is 0. The minimum absolute atomic E-state index is 0.0284. The van der Waals surface area contributed by atoms with E-state index >= 15 is 0 Å². The highest BCUT2D eigenvalue weighted by Crippen LogP contribution is 2.19. The van der Waals surface area contributed by atoms with Crippen molar-refractivity contribution in [3.63, 3.8) is 0 Å². The minimum Gasteiger partial charge on any atom is -0.352 e. The van der Waals surface area contributed by atoms with Crippen molar-refractivity contribution in [1.29, 1.82) is 0 Å². The lowest BCUT2D eigenvalue weighted by Crippen LogP contribution is -2.25. The molecule has 0 spiro atoms. The number of hydrogen-bond acceptors (Lipinski definition) is 2. The van der Waals surface area contributed by atoms with Crippen LogP contribution in [0.2, 0.25) is 5.02 Å². The van der Waals surface area contributed by atoms with Gasteiger partial charge < -0.3 is 10.6 Å². The first-order valence-corrected chi connectivity index (χ1v) is 7.73. The molecule has 0 saturated heterocycles. The van der Waals surface area contributed by atoms with Gasteiger partial charge in [0.15, 0.2) is 17.5 Å². The average Bonchev–Trinajstić information content (AvgIpc) is 2.59. The van der Waals surface area contributed by atoms with Crippen LogP contribution in [-0.2, 0) is 4.79 Å². The van der Waals surface area contributed by atoms with Gasteiger partial charge in [-0.05, 0) is 42.8 Å². The number of nitrogens with one attached hydrogen (secondary N) is 2. The maximum absolute atomic E-state index is 13.4. The Balaban J connectivity index is 1.76. The molecule has 0 unspecified atom stereocenters.